The molecule has 0 bridgehead atoms. The topological polar surface area (TPSA) is 221 Å². The molecule has 6 amide bonds. The first-order valence-corrected chi connectivity index (χ1v) is 21.6. The maximum Gasteiger partial charge on any atom is 0.318 e. The van der Waals surface area contributed by atoms with Gasteiger partial charge in [0.05, 0.1) is 47.2 Å². The maximum absolute atomic E-state index is 14.2. The number of rotatable bonds is 19. The Kier molecular flexibility index (Phi) is 15.7. The predicted octanol–water partition coefficient (Wildman–Crippen LogP) is 4.65. The first-order valence-electron chi connectivity index (χ1n) is 21.6. The molecule has 0 aliphatic rings. The van der Waals surface area contributed by atoms with Crippen molar-refractivity contribution in [1.29, 1.82) is 0 Å². The quantitative estimate of drug-likeness (QED) is 0.0572. The van der Waals surface area contributed by atoms with Crippen molar-refractivity contribution in [3.8, 4) is 0 Å². The highest BCUT2D eigenvalue weighted by atomic mass is 16.3. The standard InChI is InChI=1S/C48H60N10O6/c1-29(2)41(55-47(63)57(5)27-39-49-33-21-13-14-22-34(33)50-39)45(61)53-37(25-31-17-9-7-10-18-31)43(59)44(60)38(26-32-19-11-8-12-20-32)54-46(62)42(30(3)4)56-48(64)58(6)28-40-51-35-23-15-16-24-36(35)52-40/h7-24,29-30,37-38,41-44,59-60H,25-28H2,1-6H3,(H,49,50)(H,51,52)(H,53,61)(H,54,62)(H,55,63)(H,56,64)/t37-,38-,41-,42+,43-,44+/m0/s1. The third-order valence-corrected chi connectivity index (χ3v) is 11.2. The van der Waals surface area contributed by atoms with E-state index in [-0.39, 0.29) is 37.8 Å². The summed E-state index contributed by atoms with van der Waals surface area (Å²) >= 11 is 0. The van der Waals surface area contributed by atoms with Crippen LogP contribution in [-0.4, -0.2) is 114 Å². The van der Waals surface area contributed by atoms with Gasteiger partial charge in [-0.3, -0.25) is 9.59 Å². The van der Waals surface area contributed by atoms with Crippen LogP contribution in [0.5, 0.6) is 0 Å². The lowest BCUT2D eigenvalue weighted by molar-refractivity contribution is -0.129. The van der Waals surface area contributed by atoms with Crippen LogP contribution in [0, 0.1) is 11.8 Å². The zero-order valence-corrected chi connectivity index (χ0v) is 37.2. The molecule has 0 aliphatic heterocycles. The molecule has 338 valence electrons. The van der Waals surface area contributed by atoms with E-state index in [0.717, 1.165) is 33.2 Å². The molecule has 2 aromatic heterocycles. The number of aromatic nitrogens is 4. The summed E-state index contributed by atoms with van der Waals surface area (Å²) in [5.41, 5.74) is 4.76. The minimum absolute atomic E-state index is 0.115. The van der Waals surface area contributed by atoms with Crippen LogP contribution in [0.25, 0.3) is 22.1 Å². The molecule has 8 N–H and O–H groups in total. The number of aliphatic hydroxyl groups is 2. The van der Waals surface area contributed by atoms with E-state index in [0.29, 0.717) is 11.6 Å². The van der Waals surface area contributed by atoms with E-state index in [4.69, 9.17) is 0 Å². The fourth-order valence-corrected chi connectivity index (χ4v) is 7.58. The van der Waals surface area contributed by atoms with Gasteiger partial charge in [0.15, 0.2) is 0 Å². The maximum atomic E-state index is 14.2. The van der Waals surface area contributed by atoms with Crippen molar-refractivity contribution in [3.05, 3.63) is 132 Å². The van der Waals surface area contributed by atoms with Crippen LogP contribution in [0.3, 0.4) is 0 Å². The molecule has 4 aromatic carbocycles. The van der Waals surface area contributed by atoms with Crippen LogP contribution in [0.1, 0.15) is 50.5 Å². The van der Waals surface area contributed by atoms with E-state index >= 15 is 0 Å². The van der Waals surface area contributed by atoms with Crippen LogP contribution < -0.4 is 21.3 Å². The van der Waals surface area contributed by atoms with E-state index < -0.39 is 60.3 Å². The number of aromatic amines is 2. The molecule has 6 rings (SSSR count). The van der Waals surface area contributed by atoms with Gasteiger partial charge in [-0.15, -0.1) is 0 Å². The molecular weight excluding hydrogens is 813 g/mol. The summed E-state index contributed by atoms with van der Waals surface area (Å²) in [5, 5.41) is 35.8. The van der Waals surface area contributed by atoms with Crippen LogP contribution in [-0.2, 0) is 35.5 Å². The second kappa shape index (κ2) is 21.5. The third-order valence-electron chi connectivity index (χ3n) is 11.2. The summed E-state index contributed by atoms with van der Waals surface area (Å²) in [5.74, 6) is -0.704. The number of hydrogen-bond acceptors (Lipinski definition) is 8. The Morgan fingerprint density at radius 1 is 0.531 bits per heavy atom. The minimum atomic E-state index is -1.61. The number of imidazole rings is 2. The van der Waals surface area contributed by atoms with Gasteiger partial charge < -0.3 is 51.2 Å². The van der Waals surface area contributed by atoms with Gasteiger partial charge in [0.25, 0.3) is 0 Å². The van der Waals surface area contributed by atoms with Gasteiger partial charge in [0.2, 0.25) is 11.8 Å². The largest absolute Gasteiger partial charge is 0.388 e. The Hall–Kier alpha value is -6.78. The van der Waals surface area contributed by atoms with E-state index in [2.05, 4.69) is 41.2 Å². The molecule has 0 spiro atoms. The summed E-state index contributed by atoms with van der Waals surface area (Å²) in [6, 6.07) is 28.3. The lowest BCUT2D eigenvalue weighted by Gasteiger charge is -2.35. The molecule has 0 aliphatic carbocycles. The molecule has 0 saturated heterocycles. The van der Waals surface area contributed by atoms with Crippen molar-refractivity contribution < 1.29 is 29.4 Å². The number of carbonyl (C=O) groups excluding carboxylic acids is 4. The van der Waals surface area contributed by atoms with E-state index in [1.54, 1.807) is 41.8 Å². The second-order valence-corrected chi connectivity index (χ2v) is 17.0. The zero-order chi connectivity index (χ0) is 45.9. The van der Waals surface area contributed by atoms with Gasteiger partial charge in [0.1, 0.15) is 35.9 Å². The molecule has 6 aromatic rings. The molecule has 6 atom stereocenters. The molecular formula is C48H60N10O6. The van der Waals surface area contributed by atoms with Gasteiger partial charge >= 0.3 is 12.1 Å². The number of hydrogen-bond donors (Lipinski definition) is 8. The molecule has 64 heavy (non-hydrogen) atoms. The van der Waals surface area contributed by atoms with Crippen LogP contribution in [0.2, 0.25) is 0 Å². The monoisotopic (exact) mass is 872 g/mol. The van der Waals surface area contributed by atoms with E-state index in [1.807, 2.05) is 109 Å². The third kappa shape index (κ3) is 12.2. The van der Waals surface area contributed by atoms with Crippen molar-refractivity contribution in [1.82, 2.24) is 51.0 Å². The second-order valence-electron chi connectivity index (χ2n) is 17.0. The number of benzene rings is 4. The Bertz CT molecular complexity index is 2240. The summed E-state index contributed by atoms with van der Waals surface area (Å²) in [6.07, 6.45) is -2.99. The number of nitrogens with one attached hydrogen (secondary N) is 6. The molecule has 16 nitrogen and oxygen atoms in total. The number of H-pyrrole nitrogens is 2. The highest BCUT2D eigenvalue weighted by molar-refractivity contribution is 5.88. The first-order chi connectivity index (χ1) is 30.7. The normalized spacial score (nSPS) is 14.3. The minimum Gasteiger partial charge on any atom is -0.388 e. The molecule has 0 unspecified atom stereocenters. The fraction of sp³-hybridized carbons (Fsp3) is 0.375. The molecule has 0 saturated carbocycles. The lowest BCUT2D eigenvalue weighted by atomic mass is 9.90. The average molecular weight is 873 g/mol. The lowest BCUT2D eigenvalue weighted by Crippen LogP contribution is -2.62. The molecule has 2 heterocycles. The first kappa shape index (κ1) is 46.7. The van der Waals surface area contributed by atoms with Gasteiger partial charge in [-0.2, -0.15) is 0 Å². The van der Waals surface area contributed by atoms with Crippen LogP contribution >= 0.6 is 0 Å². The summed E-state index contributed by atoms with van der Waals surface area (Å²) < 4.78 is 0. The number of amides is 6. The number of para-hydroxylation sites is 4. The Balaban J connectivity index is 1.18. The van der Waals surface area contributed by atoms with Crippen LogP contribution in [0.4, 0.5) is 9.59 Å². The summed E-state index contributed by atoms with van der Waals surface area (Å²) in [6.45, 7) is 7.51. The van der Waals surface area contributed by atoms with Crippen molar-refractivity contribution in [2.24, 2.45) is 11.8 Å². The van der Waals surface area contributed by atoms with Gasteiger partial charge in [-0.25, -0.2) is 19.6 Å². The highest BCUT2D eigenvalue weighted by Crippen LogP contribution is 2.18. The van der Waals surface area contributed by atoms with Crippen molar-refractivity contribution in [2.45, 2.75) is 90.0 Å². The number of fused-ring (bicyclic) bond motifs is 2. The average Bonchev–Trinajstić information content (AvgIpc) is 3.89. The molecule has 0 radical (unpaired) electrons. The number of carbonyl (C=O) groups is 4. The number of urea groups is 2. The van der Waals surface area contributed by atoms with Gasteiger partial charge in [-0.05, 0) is 60.1 Å². The number of nitrogens with zero attached hydrogens (tertiary/aromatic N) is 4. The highest BCUT2D eigenvalue weighted by Gasteiger charge is 2.38. The fourth-order valence-electron chi connectivity index (χ4n) is 7.58. The SMILES string of the molecule is CC(C)[C@H](NC(=O)N(C)Cc1nc2ccccc2[nH]1)C(=O)N[C@@H](Cc1ccccc1)[C@H](O)[C@H](O)[C@H](Cc1ccccc1)NC(=O)[C@H](NC(=O)N(C)Cc1nc2ccccc2[nH]1)C(C)C. The summed E-state index contributed by atoms with van der Waals surface area (Å²) in [4.78, 5) is 73.8. The van der Waals surface area contributed by atoms with Crippen LogP contribution in [0.15, 0.2) is 109 Å². The van der Waals surface area contributed by atoms with Crippen molar-refractivity contribution in [3.63, 3.8) is 0 Å². The van der Waals surface area contributed by atoms with E-state index in [1.165, 1.54) is 9.80 Å². The summed E-state index contributed by atoms with van der Waals surface area (Å²) in [7, 11) is 3.21. The Labute approximate surface area is 373 Å². The Morgan fingerprint density at radius 2 is 0.875 bits per heavy atom. The molecule has 16 heteroatoms. The zero-order valence-electron chi connectivity index (χ0n) is 37.2. The van der Waals surface area contributed by atoms with Gasteiger partial charge in [-0.1, -0.05) is 113 Å². The molecule has 0 fully saturated rings. The van der Waals surface area contributed by atoms with Crippen molar-refractivity contribution >= 4 is 45.9 Å². The predicted molar refractivity (Wildman–Crippen MR) is 246 cm³/mol. The van der Waals surface area contributed by atoms with Crippen molar-refractivity contribution in [2.75, 3.05) is 14.1 Å². The Morgan fingerprint density at radius 3 is 1.22 bits per heavy atom. The smallest absolute Gasteiger partial charge is 0.318 e. The van der Waals surface area contributed by atoms with E-state index in [9.17, 15) is 29.4 Å². The number of aliphatic hydroxyl groups excluding tert-OH is 2. The van der Waals surface area contributed by atoms with Gasteiger partial charge in [0, 0.05) is 14.1 Å².